The number of anilines is 1. The van der Waals surface area contributed by atoms with E-state index in [1.54, 1.807) is 12.0 Å². The molecule has 1 aliphatic rings. The smallest absolute Gasteiger partial charge is 0.433 e. The molecule has 1 amide bonds. The molecule has 0 aliphatic carbocycles. The Morgan fingerprint density at radius 3 is 2.62 bits per heavy atom. The van der Waals surface area contributed by atoms with Crippen molar-refractivity contribution in [1.29, 1.82) is 0 Å². The van der Waals surface area contributed by atoms with E-state index in [0.717, 1.165) is 11.6 Å². The van der Waals surface area contributed by atoms with Crippen molar-refractivity contribution in [3.05, 3.63) is 47.4 Å². The number of hydrogen-bond donors (Lipinski definition) is 1. The molecule has 0 unspecified atom stereocenters. The average Bonchev–Trinajstić information content (AvgIpc) is 2.67. The van der Waals surface area contributed by atoms with Crippen LogP contribution in [0.5, 0.6) is 5.75 Å². The van der Waals surface area contributed by atoms with Crippen molar-refractivity contribution in [2.75, 3.05) is 25.1 Å². The largest absolute Gasteiger partial charge is 0.497 e. The van der Waals surface area contributed by atoms with Gasteiger partial charge in [0.2, 0.25) is 5.91 Å². The van der Waals surface area contributed by atoms with Crippen LogP contribution in [0.15, 0.2) is 30.3 Å². The molecular weight excluding hydrogens is 385 g/mol. The number of nitrogens with one attached hydrogen (secondary N) is 1. The van der Waals surface area contributed by atoms with Crippen molar-refractivity contribution in [2.24, 2.45) is 0 Å². The molecule has 1 saturated heterocycles. The van der Waals surface area contributed by atoms with Crippen LogP contribution in [-0.2, 0) is 17.4 Å². The van der Waals surface area contributed by atoms with Gasteiger partial charge in [-0.25, -0.2) is 9.97 Å². The van der Waals surface area contributed by atoms with Gasteiger partial charge in [0.05, 0.1) is 13.5 Å². The van der Waals surface area contributed by atoms with E-state index in [4.69, 9.17) is 4.74 Å². The van der Waals surface area contributed by atoms with E-state index in [2.05, 4.69) is 15.3 Å². The Morgan fingerprint density at radius 2 is 1.97 bits per heavy atom. The molecule has 2 aromatic rings. The summed E-state index contributed by atoms with van der Waals surface area (Å²) >= 11 is 0. The number of halogens is 3. The minimum Gasteiger partial charge on any atom is -0.497 e. The standard InChI is InChI=1S/C20H23F3N4O2/c1-13-24-17(20(21,22)23)12-18(25-13)27-8-6-15(7-9-27)26-19(28)11-14-4-3-5-16(10-14)29-2/h3-5,10,12,15H,6-9,11H2,1-2H3,(H,26,28). The molecule has 0 saturated carbocycles. The number of amides is 1. The van der Waals surface area contributed by atoms with E-state index in [1.807, 2.05) is 24.3 Å². The second-order valence-electron chi connectivity index (χ2n) is 7.01. The van der Waals surface area contributed by atoms with Gasteiger partial charge in [0.1, 0.15) is 23.1 Å². The zero-order chi connectivity index (χ0) is 21.0. The number of rotatable bonds is 5. The maximum absolute atomic E-state index is 13.0. The van der Waals surface area contributed by atoms with E-state index in [1.165, 1.54) is 6.92 Å². The van der Waals surface area contributed by atoms with Gasteiger partial charge in [0.25, 0.3) is 0 Å². The molecule has 1 aromatic carbocycles. The van der Waals surface area contributed by atoms with Gasteiger partial charge in [-0.2, -0.15) is 13.2 Å². The van der Waals surface area contributed by atoms with Crippen molar-refractivity contribution in [3.8, 4) is 5.75 Å². The van der Waals surface area contributed by atoms with E-state index < -0.39 is 11.9 Å². The van der Waals surface area contributed by atoms with Gasteiger partial charge in [-0.15, -0.1) is 0 Å². The summed E-state index contributed by atoms with van der Waals surface area (Å²) in [5.74, 6) is 0.963. The van der Waals surface area contributed by atoms with Crippen LogP contribution in [0.3, 0.4) is 0 Å². The third-order valence-electron chi connectivity index (χ3n) is 4.80. The predicted octanol–water partition coefficient (Wildman–Crippen LogP) is 3.14. The van der Waals surface area contributed by atoms with Gasteiger partial charge in [-0.3, -0.25) is 4.79 Å². The maximum atomic E-state index is 13.0. The summed E-state index contributed by atoms with van der Waals surface area (Å²) in [4.78, 5) is 21.7. The Balaban J connectivity index is 1.55. The normalized spacial score (nSPS) is 15.3. The number of aromatic nitrogens is 2. The second-order valence-corrected chi connectivity index (χ2v) is 7.01. The highest BCUT2D eigenvalue weighted by molar-refractivity contribution is 5.79. The Labute approximate surface area is 167 Å². The van der Waals surface area contributed by atoms with E-state index in [-0.39, 0.29) is 30.0 Å². The Hall–Kier alpha value is -2.84. The van der Waals surface area contributed by atoms with Gasteiger partial charge in [0, 0.05) is 25.2 Å². The number of piperidine rings is 1. The molecule has 3 rings (SSSR count). The lowest BCUT2D eigenvalue weighted by Gasteiger charge is -2.33. The first-order chi connectivity index (χ1) is 13.7. The first-order valence-electron chi connectivity index (χ1n) is 9.34. The number of alkyl halides is 3. The van der Waals surface area contributed by atoms with Gasteiger partial charge in [-0.1, -0.05) is 12.1 Å². The summed E-state index contributed by atoms with van der Waals surface area (Å²) in [6.07, 6.45) is -2.99. The molecule has 0 bridgehead atoms. The van der Waals surface area contributed by atoms with Crippen molar-refractivity contribution in [3.63, 3.8) is 0 Å². The molecule has 2 heterocycles. The van der Waals surface area contributed by atoms with Crippen LogP contribution in [0.2, 0.25) is 0 Å². The van der Waals surface area contributed by atoms with E-state index in [9.17, 15) is 18.0 Å². The number of benzene rings is 1. The summed E-state index contributed by atoms with van der Waals surface area (Å²) in [5, 5.41) is 3.00. The number of aryl methyl sites for hydroxylation is 1. The lowest BCUT2D eigenvalue weighted by atomic mass is 10.0. The third-order valence-corrected chi connectivity index (χ3v) is 4.80. The minimum absolute atomic E-state index is 0.0191. The molecule has 1 aliphatic heterocycles. The highest BCUT2D eigenvalue weighted by Gasteiger charge is 2.34. The van der Waals surface area contributed by atoms with Crippen LogP contribution in [0.4, 0.5) is 19.0 Å². The molecule has 1 fully saturated rings. The number of nitrogens with zero attached hydrogens (tertiary/aromatic N) is 3. The van der Waals surface area contributed by atoms with Gasteiger partial charge in [-0.05, 0) is 37.5 Å². The molecule has 0 spiro atoms. The number of carbonyl (C=O) groups excluding carboxylic acids is 1. The lowest BCUT2D eigenvalue weighted by Crippen LogP contribution is -2.45. The van der Waals surface area contributed by atoms with Crippen molar-refractivity contribution in [2.45, 2.75) is 38.4 Å². The Morgan fingerprint density at radius 1 is 1.24 bits per heavy atom. The number of methoxy groups -OCH3 is 1. The van der Waals surface area contributed by atoms with Crippen LogP contribution < -0.4 is 15.0 Å². The van der Waals surface area contributed by atoms with E-state index in [0.29, 0.717) is 31.7 Å². The number of hydrogen-bond acceptors (Lipinski definition) is 5. The van der Waals surface area contributed by atoms with Crippen LogP contribution in [0, 0.1) is 6.92 Å². The summed E-state index contributed by atoms with van der Waals surface area (Å²) in [7, 11) is 1.57. The molecule has 156 valence electrons. The van der Waals surface area contributed by atoms with E-state index >= 15 is 0 Å². The van der Waals surface area contributed by atoms with Gasteiger partial charge in [0.15, 0.2) is 0 Å². The monoisotopic (exact) mass is 408 g/mol. The topological polar surface area (TPSA) is 67.3 Å². The highest BCUT2D eigenvalue weighted by Crippen LogP contribution is 2.30. The SMILES string of the molecule is COc1cccc(CC(=O)NC2CCN(c3cc(C(F)(F)F)nc(C)n3)CC2)c1. The number of carbonyl (C=O) groups is 1. The fraction of sp³-hybridized carbons (Fsp3) is 0.450. The zero-order valence-electron chi connectivity index (χ0n) is 16.3. The maximum Gasteiger partial charge on any atom is 0.433 e. The highest BCUT2D eigenvalue weighted by atomic mass is 19.4. The van der Waals surface area contributed by atoms with Gasteiger partial charge < -0.3 is 15.0 Å². The molecule has 29 heavy (non-hydrogen) atoms. The number of ether oxygens (including phenoxy) is 1. The van der Waals surface area contributed by atoms with Crippen LogP contribution in [-0.4, -0.2) is 42.1 Å². The quantitative estimate of drug-likeness (QED) is 0.823. The molecule has 1 N–H and O–H groups in total. The predicted molar refractivity (Wildman–Crippen MR) is 102 cm³/mol. The van der Waals surface area contributed by atoms with Crippen LogP contribution >= 0.6 is 0 Å². The summed E-state index contributed by atoms with van der Waals surface area (Å²) in [6, 6.07) is 8.29. The van der Waals surface area contributed by atoms with Crippen LogP contribution in [0.1, 0.15) is 29.9 Å². The van der Waals surface area contributed by atoms with Crippen molar-refractivity contribution < 1.29 is 22.7 Å². The molecule has 0 atom stereocenters. The fourth-order valence-electron chi connectivity index (χ4n) is 3.36. The summed E-state index contributed by atoms with van der Waals surface area (Å²) in [6.45, 7) is 2.47. The summed E-state index contributed by atoms with van der Waals surface area (Å²) in [5.41, 5.74) is -0.0795. The minimum atomic E-state index is -4.51. The third kappa shape index (κ3) is 5.58. The lowest BCUT2D eigenvalue weighted by molar-refractivity contribution is -0.141. The van der Waals surface area contributed by atoms with Crippen molar-refractivity contribution in [1.82, 2.24) is 15.3 Å². The molecular formula is C20H23F3N4O2. The summed E-state index contributed by atoms with van der Waals surface area (Å²) < 4.78 is 44.1. The second kappa shape index (κ2) is 8.67. The molecule has 6 nitrogen and oxygen atoms in total. The molecule has 0 radical (unpaired) electrons. The molecule has 1 aromatic heterocycles. The van der Waals surface area contributed by atoms with Gasteiger partial charge >= 0.3 is 6.18 Å². The Bertz CT molecular complexity index is 865. The molecule has 9 heteroatoms. The fourth-order valence-corrected chi connectivity index (χ4v) is 3.36. The zero-order valence-corrected chi connectivity index (χ0v) is 16.3. The Kier molecular flexibility index (Phi) is 6.24. The average molecular weight is 408 g/mol. The van der Waals surface area contributed by atoms with Crippen molar-refractivity contribution >= 4 is 11.7 Å². The first kappa shape index (κ1) is 20.9. The first-order valence-corrected chi connectivity index (χ1v) is 9.34. The van der Waals surface area contributed by atoms with Crippen LogP contribution in [0.25, 0.3) is 0 Å².